The van der Waals surface area contributed by atoms with Gasteiger partial charge in [0.2, 0.25) is 0 Å². The molecule has 0 aliphatic rings. The predicted octanol–water partition coefficient (Wildman–Crippen LogP) is 2.60. The van der Waals surface area contributed by atoms with Gasteiger partial charge in [-0.1, -0.05) is 13.3 Å². The fraction of sp³-hybridized carbons (Fsp3) is 0.545. The van der Waals surface area contributed by atoms with Gasteiger partial charge in [0.1, 0.15) is 23.7 Å². The van der Waals surface area contributed by atoms with Gasteiger partial charge in [-0.05, 0) is 19.4 Å². The number of carboxylic acids is 1. The zero-order valence-electron chi connectivity index (χ0n) is 9.08. The van der Waals surface area contributed by atoms with Gasteiger partial charge >= 0.3 is 5.97 Å². The first-order valence-corrected chi connectivity index (χ1v) is 5.05. The zero-order chi connectivity index (χ0) is 11.3. The van der Waals surface area contributed by atoms with Crippen molar-refractivity contribution >= 4 is 5.97 Å². The maximum absolute atomic E-state index is 10.7. The minimum atomic E-state index is -0.962. The van der Waals surface area contributed by atoms with Gasteiger partial charge in [-0.25, -0.2) is 4.79 Å². The van der Waals surface area contributed by atoms with Crippen molar-refractivity contribution in [2.24, 2.45) is 0 Å². The molecule has 0 bridgehead atoms. The molecule has 1 rings (SSSR count). The standard InChI is InChI=1S/C11H16O4/c1-3-4-5-14-7-9-6-10(11(12)13)8(2)15-9/h6H,3-5,7H2,1-2H3,(H,12,13). The molecule has 1 heterocycles. The van der Waals surface area contributed by atoms with E-state index < -0.39 is 5.97 Å². The molecular formula is C11H16O4. The summed E-state index contributed by atoms with van der Waals surface area (Å²) in [6.07, 6.45) is 2.09. The van der Waals surface area contributed by atoms with Crippen LogP contribution in [-0.4, -0.2) is 17.7 Å². The molecule has 15 heavy (non-hydrogen) atoms. The average Bonchev–Trinajstić information content (AvgIpc) is 2.55. The third kappa shape index (κ3) is 3.40. The minimum Gasteiger partial charge on any atom is -0.478 e. The van der Waals surface area contributed by atoms with Crippen LogP contribution in [0.3, 0.4) is 0 Å². The second-order valence-corrected chi connectivity index (χ2v) is 3.39. The summed E-state index contributed by atoms with van der Waals surface area (Å²) < 4.78 is 10.6. The molecule has 0 spiro atoms. The van der Waals surface area contributed by atoms with E-state index in [0.717, 1.165) is 12.8 Å². The number of furan rings is 1. The van der Waals surface area contributed by atoms with Crippen LogP contribution in [0.2, 0.25) is 0 Å². The molecule has 4 nitrogen and oxygen atoms in total. The highest BCUT2D eigenvalue weighted by molar-refractivity contribution is 5.88. The van der Waals surface area contributed by atoms with Crippen molar-refractivity contribution in [3.05, 3.63) is 23.2 Å². The van der Waals surface area contributed by atoms with E-state index in [4.69, 9.17) is 14.3 Å². The molecule has 0 unspecified atom stereocenters. The Morgan fingerprint density at radius 1 is 1.60 bits per heavy atom. The van der Waals surface area contributed by atoms with E-state index in [9.17, 15) is 4.79 Å². The first-order chi connectivity index (χ1) is 7.15. The first-order valence-electron chi connectivity index (χ1n) is 5.05. The van der Waals surface area contributed by atoms with Crippen LogP contribution >= 0.6 is 0 Å². The Kier molecular flexibility index (Phi) is 4.37. The van der Waals surface area contributed by atoms with Gasteiger partial charge in [-0.3, -0.25) is 0 Å². The number of aryl methyl sites for hydroxylation is 1. The number of carbonyl (C=O) groups is 1. The van der Waals surface area contributed by atoms with Crippen molar-refractivity contribution in [3.8, 4) is 0 Å². The van der Waals surface area contributed by atoms with Crippen molar-refractivity contribution in [1.82, 2.24) is 0 Å². The number of aromatic carboxylic acids is 1. The van der Waals surface area contributed by atoms with Crippen LogP contribution in [0.4, 0.5) is 0 Å². The van der Waals surface area contributed by atoms with Crippen LogP contribution in [0.5, 0.6) is 0 Å². The fourth-order valence-corrected chi connectivity index (χ4v) is 1.25. The van der Waals surface area contributed by atoms with Gasteiger partial charge < -0.3 is 14.3 Å². The van der Waals surface area contributed by atoms with Gasteiger partial charge in [-0.2, -0.15) is 0 Å². The summed E-state index contributed by atoms with van der Waals surface area (Å²) in [5.41, 5.74) is 0.212. The molecule has 1 N–H and O–H groups in total. The van der Waals surface area contributed by atoms with E-state index in [-0.39, 0.29) is 5.56 Å². The highest BCUT2D eigenvalue weighted by Crippen LogP contribution is 2.15. The molecule has 0 aliphatic heterocycles. The molecule has 0 atom stereocenters. The van der Waals surface area contributed by atoms with Crippen LogP contribution in [-0.2, 0) is 11.3 Å². The maximum Gasteiger partial charge on any atom is 0.339 e. The normalized spacial score (nSPS) is 10.5. The Hall–Kier alpha value is -1.29. The lowest BCUT2D eigenvalue weighted by molar-refractivity contribution is 0.0695. The Balaban J connectivity index is 2.48. The van der Waals surface area contributed by atoms with Crippen LogP contribution < -0.4 is 0 Å². The number of carboxylic acid groups (broad SMARTS) is 1. The summed E-state index contributed by atoms with van der Waals surface area (Å²) in [4.78, 5) is 10.7. The monoisotopic (exact) mass is 212 g/mol. The lowest BCUT2D eigenvalue weighted by atomic mass is 10.2. The van der Waals surface area contributed by atoms with E-state index in [2.05, 4.69) is 6.92 Å². The van der Waals surface area contributed by atoms with Gasteiger partial charge in [0.15, 0.2) is 0 Å². The van der Waals surface area contributed by atoms with Crippen molar-refractivity contribution in [3.63, 3.8) is 0 Å². The molecular weight excluding hydrogens is 196 g/mol. The Bertz CT molecular complexity index is 327. The molecule has 1 aromatic heterocycles. The van der Waals surface area contributed by atoms with Gasteiger partial charge in [0.25, 0.3) is 0 Å². The van der Waals surface area contributed by atoms with Gasteiger partial charge in [0, 0.05) is 6.61 Å². The molecule has 4 heteroatoms. The SMILES string of the molecule is CCCCOCc1cc(C(=O)O)c(C)o1. The number of ether oxygens (including phenoxy) is 1. The molecule has 0 fully saturated rings. The first kappa shape index (κ1) is 11.8. The zero-order valence-corrected chi connectivity index (χ0v) is 9.08. The maximum atomic E-state index is 10.7. The fourth-order valence-electron chi connectivity index (χ4n) is 1.25. The lowest BCUT2D eigenvalue weighted by Gasteiger charge is -1.99. The largest absolute Gasteiger partial charge is 0.478 e. The summed E-state index contributed by atoms with van der Waals surface area (Å²) in [6.45, 7) is 4.74. The van der Waals surface area contributed by atoms with Crippen LogP contribution in [0.1, 0.15) is 41.6 Å². The Morgan fingerprint density at radius 3 is 2.87 bits per heavy atom. The molecule has 0 radical (unpaired) electrons. The van der Waals surface area contributed by atoms with E-state index in [1.165, 1.54) is 6.07 Å². The van der Waals surface area contributed by atoms with E-state index in [1.807, 2.05) is 0 Å². The number of hydrogen-bond acceptors (Lipinski definition) is 3. The summed E-state index contributed by atoms with van der Waals surface area (Å²) in [6, 6.07) is 1.52. The lowest BCUT2D eigenvalue weighted by Crippen LogP contribution is -1.95. The van der Waals surface area contributed by atoms with Crippen molar-refractivity contribution < 1.29 is 19.1 Å². The quantitative estimate of drug-likeness (QED) is 0.736. The average molecular weight is 212 g/mol. The van der Waals surface area contributed by atoms with Crippen molar-refractivity contribution in [1.29, 1.82) is 0 Å². The summed E-state index contributed by atoms with van der Waals surface area (Å²) in [5.74, 6) is 0.0358. The predicted molar refractivity (Wildman–Crippen MR) is 55.0 cm³/mol. The number of rotatable bonds is 6. The Labute approximate surface area is 88.8 Å². The second-order valence-electron chi connectivity index (χ2n) is 3.39. The highest BCUT2D eigenvalue weighted by atomic mass is 16.5. The number of unbranched alkanes of at least 4 members (excludes halogenated alkanes) is 1. The smallest absolute Gasteiger partial charge is 0.339 e. The van der Waals surface area contributed by atoms with Crippen LogP contribution in [0.25, 0.3) is 0 Å². The number of hydrogen-bond donors (Lipinski definition) is 1. The summed E-state index contributed by atoms with van der Waals surface area (Å²) >= 11 is 0. The molecule has 0 saturated carbocycles. The third-order valence-corrected chi connectivity index (χ3v) is 2.09. The molecule has 1 aromatic rings. The van der Waals surface area contributed by atoms with Crippen LogP contribution in [0, 0.1) is 6.92 Å². The minimum absolute atomic E-state index is 0.212. The summed E-state index contributed by atoms with van der Waals surface area (Å²) in [5, 5.41) is 8.79. The van der Waals surface area contributed by atoms with Crippen molar-refractivity contribution in [2.45, 2.75) is 33.3 Å². The van der Waals surface area contributed by atoms with Gasteiger partial charge in [0.05, 0.1) is 0 Å². The van der Waals surface area contributed by atoms with Crippen LogP contribution in [0.15, 0.2) is 10.5 Å². The molecule has 0 aromatic carbocycles. The second kappa shape index (κ2) is 5.56. The highest BCUT2D eigenvalue weighted by Gasteiger charge is 2.13. The van der Waals surface area contributed by atoms with Crippen molar-refractivity contribution in [2.75, 3.05) is 6.61 Å². The molecule has 0 aliphatic carbocycles. The van der Waals surface area contributed by atoms with E-state index >= 15 is 0 Å². The molecule has 0 amide bonds. The molecule has 0 saturated heterocycles. The topological polar surface area (TPSA) is 59.7 Å². The Morgan fingerprint density at radius 2 is 2.33 bits per heavy atom. The van der Waals surface area contributed by atoms with E-state index in [0.29, 0.717) is 24.7 Å². The summed E-state index contributed by atoms with van der Waals surface area (Å²) in [7, 11) is 0. The van der Waals surface area contributed by atoms with E-state index in [1.54, 1.807) is 6.92 Å². The third-order valence-electron chi connectivity index (χ3n) is 2.09. The molecule has 84 valence electrons. The van der Waals surface area contributed by atoms with Gasteiger partial charge in [-0.15, -0.1) is 0 Å².